The molecule has 0 atom stereocenters. The van der Waals surface area contributed by atoms with Crippen LogP contribution in [0.15, 0.2) is 59.5 Å². The summed E-state index contributed by atoms with van der Waals surface area (Å²) in [6, 6.07) is 12.7. The smallest absolute Gasteiger partial charge is 0.433 e. The molecule has 0 bridgehead atoms. The van der Waals surface area contributed by atoms with Crippen LogP contribution in [0.3, 0.4) is 0 Å². The van der Waals surface area contributed by atoms with Gasteiger partial charge in [0, 0.05) is 5.56 Å². The van der Waals surface area contributed by atoms with Gasteiger partial charge < -0.3 is 10.4 Å². The third-order valence-electron chi connectivity index (χ3n) is 5.41. The molecule has 0 radical (unpaired) electrons. The molecule has 33 heavy (non-hydrogen) atoms. The fourth-order valence-corrected chi connectivity index (χ4v) is 5.07. The molecule has 1 aliphatic heterocycles. The van der Waals surface area contributed by atoms with Crippen molar-refractivity contribution in [3.8, 4) is 5.75 Å². The van der Waals surface area contributed by atoms with Crippen LogP contribution in [0, 0.1) is 0 Å². The first kappa shape index (κ1) is 22.9. The average molecular weight is 478 g/mol. The molecule has 2 heterocycles. The summed E-state index contributed by atoms with van der Waals surface area (Å²) in [4.78, 5) is 3.66. The van der Waals surface area contributed by atoms with Crippen LogP contribution in [0.4, 0.5) is 30.4 Å². The van der Waals surface area contributed by atoms with Crippen LogP contribution >= 0.6 is 0 Å². The number of anilines is 3. The number of fused-ring (bicyclic) bond motifs is 2. The van der Waals surface area contributed by atoms with Gasteiger partial charge in [0.05, 0.1) is 17.1 Å². The first-order chi connectivity index (χ1) is 15.3. The van der Waals surface area contributed by atoms with E-state index in [0.717, 1.165) is 15.9 Å². The van der Waals surface area contributed by atoms with E-state index >= 15 is 0 Å². The Balaban J connectivity index is 1.86. The Morgan fingerprint density at radius 1 is 1.00 bits per heavy atom. The molecule has 1 aromatic heterocycles. The van der Waals surface area contributed by atoms with Gasteiger partial charge in [0.25, 0.3) is 10.0 Å². The number of benzene rings is 2. The topological polar surface area (TPSA) is 82.5 Å². The Labute approximate surface area is 189 Å². The molecule has 6 nitrogen and oxygen atoms in total. The Morgan fingerprint density at radius 2 is 1.67 bits per heavy atom. The van der Waals surface area contributed by atoms with Gasteiger partial charge in [0.2, 0.25) is 0 Å². The molecule has 0 spiro atoms. The number of nitrogens with zero attached hydrogens (tertiary/aromatic N) is 2. The lowest BCUT2D eigenvalue weighted by atomic mass is 9.87. The van der Waals surface area contributed by atoms with E-state index < -0.39 is 21.9 Å². The van der Waals surface area contributed by atoms with Gasteiger partial charge in [0.15, 0.2) is 0 Å². The summed E-state index contributed by atoms with van der Waals surface area (Å²) >= 11 is 0. The van der Waals surface area contributed by atoms with Crippen molar-refractivity contribution < 1.29 is 26.7 Å². The van der Waals surface area contributed by atoms with Crippen LogP contribution in [0.5, 0.6) is 5.75 Å². The van der Waals surface area contributed by atoms with Crippen molar-refractivity contribution in [3.63, 3.8) is 0 Å². The number of hydrogen-bond acceptors (Lipinski definition) is 5. The Morgan fingerprint density at radius 3 is 2.27 bits per heavy atom. The SMILES string of the molecule is CC(C)(C)c1ccc(S(=O)(=O)N2Cc3ccc(C(F)(F)F)nc3Nc3cccc(O)c32)cc1. The van der Waals surface area contributed by atoms with E-state index in [-0.39, 0.29) is 45.4 Å². The molecule has 0 saturated heterocycles. The highest BCUT2D eigenvalue weighted by Gasteiger charge is 2.36. The van der Waals surface area contributed by atoms with Gasteiger partial charge >= 0.3 is 6.18 Å². The molecular formula is C23H22F3N3O3S. The van der Waals surface area contributed by atoms with E-state index in [1.54, 1.807) is 12.1 Å². The van der Waals surface area contributed by atoms with Gasteiger partial charge in [-0.25, -0.2) is 13.4 Å². The highest BCUT2D eigenvalue weighted by molar-refractivity contribution is 7.92. The van der Waals surface area contributed by atoms with Crippen molar-refractivity contribution in [1.29, 1.82) is 0 Å². The molecule has 3 aromatic rings. The normalized spacial score (nSPS) is 14.2. The van der Waals surface area contributed by atoms with E-state index in [1.165, 1.54) is 36.4 Å². The molecule has 1 aliphatic rings. The number of pyridine rings is 1. The second-order valence-corrected chi connectivity index (χ2v) is 10.6. The van der Waals surface area contributed by atoms with Crippen molar-refractivity contribution >= 4 is 27.2 Å². The van der Waals surface area contributed by atoms with E-state index in [9.17, 15) is 26.7 Å². The maximum atomic E-state index is 13.6. The maximum Gasteiger partial charge on any atom is 0.433 e. The van der Waals surface area contributed by atoms with Crippen molar-refractivity contribution in [2.24, 2.45) is 0 Å². The van der Waals surface area contributed by atoms with Gasteiger partial charge in [-0.15, -0.1) is 0 Å². The number of sulfonamides is 1. The van der Waals surface area contributed by atoms with Crippen LogP contribution in [0.25, 0.3) is 0 Å². The van der Waals surface area contributed by atoms with Crippen LogP contribution in [-0.4, -0.2) is 18.5 Å². The highest BCUT2D eigenvalue weighted by Crippen LogP contribution is 2.44. The zero-order valence-electron chi connectivity index (χ0n) is 18.1. The zero-order chi connectivity index (χ0) is 24.2. The molecule has 0 unspecified atom stereocenters. The Kier molecular flexibility index (Phi) is 5.31. The minimum Gasteiger partial charge on any atom is -0.506 e. The van der Waals surface area contributed by atoms with Crippen LogP contribution in [-0.2, 0) is 28.2 Å². The second kappa shape index (κ2) is 7.65. The van der Waals surface area contributed by atoms with E-state index in [0.29, 0.717) is 0 Å². The molecule has 0 saturated carbocycles. The molecular weight excluding hydrogens is 455 g/mol. The summed E-state index contributed by atoms with van der Waals surface area (Å²) in [5.41, 5.74) is -0.0607. The number of phenolic OH excluding ortho intramolecular Hbond substituents is 1. The number of aromatic nitrogens is 1. The number of para-hydroxylation sites is 1. The van der Waals surface area contributed by atoms with Gasteiger partial charge in [-0.2, -0.15) is 13.2 Å². The fraction of sp³-hybridized carbons (Fsp3) is 0.261. The minimum atomic E-state index is -4.66. The third kappa shape index (κ3) is 4.22. The fourth-order valence-electron chi connectivity index (χ4n) is 3.60. The van der Waals surface area contributed by atoms with E-state index in [1.807, 2.05) is 20.8 Å². The summed E-state index contributed by atoms with van der Waals surface area (Å²) < 4.78 is 67.8. The predicted octanol–water partition coefficient (Wildman–Crippen LogP) is 5.56. The number of halogens is 3. The number of nitrogens with one attached hydrogen (secondary N) is 1. The first-order valence-corrected chi connectivity index (χ1v) is 11.5. The molecule has 10 heteroatoms. The van der Waals surface area contributed by atoms with E-state index in [4.69, 9.17) is 0 Å². The minimum absolute atomic E-state index is 0.00646. The van der Waals surface area contributed by atoms with Crippen molar-refractivity contribution in [2.75, 3.05) is 9.62 Å². The molecule has 0 amide bonds. The standard InChI is InChI=1S/C23H22F3N3O3S/c1-22(2,3)15-8-10-16(11-9-15)33(31,32)29-13-14-7-12-19(23(24,25)26)28-21(14)27-17-5-4-6-18(30)20(17)29/h4-12,30H,13H2,1-3H3,(H,27,28). The van der Waals surface area contributed by atoms with Gasteiger partial charge in [-0.05, 0) is 41.3 Å². The summed E-state index contributed by atoms with van der Waals surface area (Å²) in [5, 5.41) is 13.3. The van der Waals surface area contributed by atoms with Crippen LogP contribution in [0.2, 0.25) is 0 Å². The zero-order valence-corrected chi connectivity index (χ0v) is 18.9. The number of hydrogen-bond donors (Lipinski definition) is 2. The average Bonchev–Trinajstić information content (AvgIpc) is 2.90. The summed E-state index contributed by atoms with van der Waals surface area (Å²) in [7, 11) is -4.18. The predicted molar refractivity (Wildman–Crippen MR) is 119 cm³/mol. The number of aromatic hydroxyl groups is 1. The highest BCUT2D eigenvalue weighted by atomic mass is 32.2. The lowest BCUT2D eigenvalue weighted by Gasteiger charge is -2.25. The number of phenols is 1. The van der Waals surface area contributed by atoms with Gasteiger partial charge in [-0.3, -0.25) is 4.31 Å². The number of alkyl halides is 3. The van der Waals surface area contributed by atoms with Gasteiger partial charge in [-0.1, -0.05) is 45.0 Å². The van der Waals surface area contributed by atoms with Crippen molar-refractivity contribution in [2.45, 2.75) is 43.8 Å². The second-order valence-electron chi connectivity index (χ2n) is 8.79. The monoisotopic (exact) mass is 477 g/mol. The Bertz CT molecular complexity index is 1320. The third-order valence-corrected chi connectivity index (χ3v) is 7.17. The molecule has 4 rings (SSSR count). The summed E-state index contributed by atoms with van der Waals surface area (Å²) in [6.07, 6.45) is -4.66. The van der Waals surface area contributed by atoms with E-state index in [2.05, 4.69) is 10.3 Å². The quantitative estimate of drug-likeness (QED) is 0.505. The maximum absolute atomic E-state index is 13.6. The largest absolute Gasteiger partial charge is 0.506 e. The molecule has 0 aliphatic carbocycles. The lowest BCUT2D eigenvalue weighted by Crippen LogP contribution is -2.30. The summed E-state index contributed by atoms with van der Waals surface area (Å²) in [5.74, 6) is -0.462. The molecule has 2 N–H and O–H groups in total. The molecule has 2 aromatic carbocycles. The molecule has 174 valence electrons. The Hall–Kier alpha value is -3.27. The van der Waals surface area contributed by atoms with Crippen LogP contribution < -0.4 is 9.62 Å². The number of rotatable bonds is 2. The first-order valence-electron chi connectivity index (χ1n) is 10.1. The van der Waals surface area contributed by atoms with Crippen molar-refractivity contribution in [1.82, 2.24) is 4.98 Å². The van der Waals surface area contributed by atoms with Crippen molar-refractivity contribution in [3.05, 3.63) is 71.4 Å². The summed E-state index contributed by atoms with van der Waals surface area (Å²) in [6.45, 7) is 5.70. The molecule has 0 fully saturated rings. The lowest BCUT2D eigenvalue weighted by molar-refractivity contribution is -0.141. The van der Waals surface area contributed by atoms with Gasteiger partial charge in [0.1, 0.15) is 22.9 Å². The van der Waals surface area contributed by atoms with Crippen LogP contribution in [0.1, 0.15) is 37.6 Å².